The number of carbonyl (C=O) groups is 2. The van der Waals surface area contributed by atoms with Crippen LogP contribution in [0, 0.1) is 0 Å². The van der Waals surface area contributed by atoms with Gasteiger partial charge in [0.05, 0.1) is 0 Å². The molecule has 2 rings (SSSR count). The minimum atomic E-state index is -0.542. The smallest absolute Gasteiger partial charge is 0.245 e. The van der Waals surface area contributed by atoms with E-state index >= 15 is 0 Å². The highest BCUT2D eigenvalue weighted by atomic mass is 16.2. The summed E-state index contributed by atoms with van der Waals surface area (Å²) in [6.07, 6.45) is 0.366. The maximum atomic E-state index is 13.1. The average molecular weight is 346 g/mol. The molecule has 1 aromatic rings. The molecule has 6 heteroatoms. The SMILES string of the molecule is CCC(=O)N[C@@H](C(=O)N1CCN(C)CC1)C(C)c1ccc(CN)cc1. The van der Waals surface area contributed by atoms with Crippen molar-refractivity contribution < 1.29 is 9.59 Å². The molecule has 6 nitrogen and oxygen atoms in total. The van der Waals surface area contributed by atoms with Gasteiger partial charge in [0.2, 0.25) is 11.8 Å². The number of piperazine rings is 1. The molecule has 0 aliphatic carbocycles. The monoisotopic (exact) mass is 346 g/mol. The Morgan fingerprint density at radius 2 is 1.76 bits per heavy atom. The summed E-state index contributed by atoms with van der Waals surface area (Å²) < 4.78 is 0. The molecule has 0 saturated carbocycles. The summed E-state index contributed by atoms with van der Waals surface area (Å²) in [7, 11) is 2.06. The Labute approximate surface area is 150 Å². The van der Waals surface area contributed by atoms with Crippen LogP contribution in [0.2, 0.25) is 0 Å². The average Bonchev–Trinajstić information content (AvgIpc) is 2.65. The van der Waals surface area contributed by atoms with E-state index in [0.717, 1.165) is 24.2 Å². The summed E-state index contributed by atoms with van der Waals surface area (Å²) in [5.74, 6) is -0.197. The van der Waals surface area contributed by atoms with E-state index in [1.807, 2.05) is 36.1 Å². The Bertz CT molecular complexity index is 580. The quantitative estimate of drug-likeness (QED) is 0.803. The Kier molecular flexibility index (Phi) is 6.96. The lowest BCUT2D eigenvalue weighted by Crippen LogP contribution is -2.55. The van der Waals surface area contributed by atoms with Gasteiger partial charge < -0.3 is 20.9 Å². The second-order valence-electron chi connectivity index (χ2n) is 6.76. The van der Waals surface area contributed by atoms with E-state index in [2.05, 4.69) is 17.3 Å². The number of likely N-dealkylation sites (N-methyl/N-ethyl adjacent to an activating group) is 1. The van der Waals surface area contributed by atoms with E-state index in [0.29, 0.717) is 26.1 Å². The lowest BCUT2D eigenvalue weighted by molar-refractivity contribution is -0.138. The maximum Gasteiger partial charge on any atom is 0.245 e. The molecular weight excluding hydrogens is 316 g/mol. The number of nitrogens with two attached hydrogens (primary N) is 1. The third kappa shape index (κ3) is 5.03. The number of amides is 2. The second-order valence-corrected chi connectivity index (χ2v) is 6.76. The summed E-state index contributed by atoms with van der Waals surface area (Å²) in [4.78, 5) is 29.1. The number of rotatable bonds is 6. The number of nitrogens with one attached hydrogen (secondary N) is 1. The zero-order valence-corrected chi connectivity index (χ0v) is 15.5. The number of hydrogen-bond donors (Lipinski definition) is 2. The van der Waals surface area contributed by atoms with Crippen LogP contribution in [0.4, 0.5) is 0 Å². The van der Waals surface area contributed by atoms with Gasteiger partial charge in [-0.05, 0) is 18.2 Å². The first-order valence-corrected chi connectivity index (χ1v) is 9.01. The van der Waals surface area contributed by atoms with E-state index in [-0.39, 0.29) is 17.7 Å². The summed E-state index contributed by atoms with van der Waals surface area (Å²) in [5, 5.41) is 2.93. The van der Waals surface area contributed by atoms with Gasteiger partial charge in [-0.3, -0.25) is 9.59 Å². The molecule has 25 heavy (non-hydrogen) atoms. The molecule has 1 aliphatic heterocycles. The van der Waals surface area contributed by atoms with Crippen LogP contribution in [0.1, 0.15) is 37.3 Å². The van der Waals surface area contributed by atoms with Gasteiger partial charge in [0.15, 0.2) is 0 Å². The highest BCUT2D eigenvalue weighted by molar-refractivity contribution is 5.88. The largest absolute Gasteiger partial charge is 0.344 e. The second kappa shape index (κ2) is 8.97. The van der Waals surface area contributed by atoms with Crippen molar-refractivity contribution in [2.24, 2.45) is 5.73 Å². The van der Waals surface area contributed by atoms with Gasteiger partial charge in [0, 0.05) is 45.1 Å². The van der Waals surface area contributed by atoms with Crippen molar-refractivity contribution in [1.29, 1.82) is 0 Å². The lowest BCUT2D eigenvalue weighted by Gasteiger charge is -2.36. The fourth-order valence-electron chi connectivity index (χ4n) is 3.05. The molecule has 1 fully saturated rings. The van der Waals surface area contributed by atoms with Crippen molar-refractivity contribution in [1.82, 2.24) is 15.1 Å². The molecule has 1 saturated heterocycles. The van der Waals surface area contributed by atoms with Gasteiger partial charge in [-0.2, -0.15) is 0 Å². The van der Waals surface area contributed by atoms with E-state index in [9.17, 15) is 9.59 Å². The zero-order chi connectivity index (χ0) is 18.4. The molecule has 0 spiro atoms. The van der Waals surface area contributed by atoms with Crippen LogP contribution in [0.25, 0.3) is 0 Å². The molecule has 0 bridgehead atoms. The van der Waals surface area contributed by atoms with Crippen LogP contribution in [0.3, 0.4) is 0 Å². The summed E-state index contributed by atoms with van der Waals surface area (Å²) >= 11 is 0. The molecule has 3 N–H and O–H groups in total. The van der Waals surface area contributed by atoms with Crippen molar-refractivity contribution in [2.75, 3.05) is 33.2 Å². The summed E-state index contributed by atoms with van der Waals surface area (Å²) in [5.41, 5.74) is 7.74. The van der Waals surface area contributed by atoms with Crippen LogP contribution in [-0.4, -0.2) is 60.9 Å². The van der Waals surface area contributed by atoms with Gasteiger partial charge in [-0.1, -0.05) is 38.1 Å². The van der Waals surface area contributed by atoms with Crippen LogP contribution >= 0.6 is 0 Å². The number of benzene rings is 1. The fraction of sp³-hybridized carbons (Fsp3) is 0.579. The first kappa shape index (κ1) is 19.4. The van der Waals surface area contributed by atoms with Crippen molar-refractivity contribution in [3.05, 3.63) is 35.4 Å². The van der Waals surface area contributed by atoms with Crippen molar-refractivity contribution in [2.45, 2.75) is 38.8 Å². The van der Waals surface area contributed by atoms with Gasteiger partial charge in [0.1, 0.15) is 6.04 Å². The topological polar surface area (TPSA) is 78.7 Å². The van der Waals surface area contributed by atoms with E-state index in [4.69, 9.17) is 5.73 Å². The fourth-order valence-corrected chi connectivity index (χ4v) is 3.05. The first-order chi connectivity index (χ1) is 12.0. The predicted molar refractivity (Wildman–Crippen MR) is 99.0 cm³/mol. The van der Waals surface area contributed by atoms with E-state index in [1.54, 1.807) is 6.92 Å². The Morgan fingerprint density at radius 3 is 2.28 bits per heavy atom. The molecule has 2 amide bonds. The van der Waals surface area contributed by atoms with Crippen LogP contribution in [0.5, 0.6) is 0 Å². The third-order valence-corrected chi connectivity index (χ3v) is 4.96. The summed E-state index contributed by atoms with van der Waals surface area (Å²) in [6, 6.07) is 7.40. The van der Waals surface area contributed by atoms with Crippen LogP contribution in [-0.2, 0) is 16.1 Å². The highest BCUT2D eigenvalue weighted by Crippen LogP contribution is 2.22. The molecule has 1 unspecified atom stereocenters. The highest BCUT2D eigenvalue weighted by Gasteiger charge is 2.32. The molecule has 0 radical (unpaired) electrons. The molecular formula is C19H30N4O2. The zero-order valence-electron chi connectivity index (χ0n) is 15.5. The standard InChI is InChI=1S/C19H30N4O2/c1-4-17(24)21-18(19(25)23-11-9-22(3)10-12-23)14(2)16-7-5-15(13-20)6-8-16/h5-8,14,18H,4,9-13,20H2,1-3H3,(H,21,24)/t14?,18-/m1/s1. The van der Waals surface area contributed by atoms with Gasteiger partial charge >= 0.3 is 0 Å². The third-order valence-electron chi connectivity index (χ3n) is 4.96. The molecule has 2 atom stereocenters. The van der Waals surface area contributed by atoms with E-state index < -0.39 is 6.04 Å². The molecule has 1 aliphatic rings. The molecule has 1 heterocycles. The van der Waals surface area contributed by atoms with Crippen molar-refractivity contribution >= 4 is 11.8 Å². The molecule has 0 aromatic heterocycles. The minimum absolute atomic E-state index is 0.00491. The number of carbonyl (C=O) groups excluding carboxylic acids is 2. The van der Waals surface area contributed by atoms with Gasteiger partial charge in [-0.25, -0.2) is 0 Å². The first-order valence-electron chi connectivity index (χ1n) is 9.01. The Morgan fingerprint density at radius 1 is 1.16 bits per heavy atom. The predicted octanol–water partition coefficient (Wildman–Crippen LogP) is 0.918. The Balaban J connectivity index is 2.18. The normalized spacial score (nSPS) is 17.8. The van der Waals surface area contributed by atoms with Gasteiger partial charge in [-0.15, -0.1) is 0 Å². The van der Waals surface area contributed by atoms with Gasteiger partial charge in [0.25, 0.3) is 0 Å². The molecule has 138 valence electrons. The number of hydrogen-bond acceptors (Lipinski definition) is 4. The Hall–Kier alpha value is -1.92. The van der Waals surface area contributed by atoms with E-state index in [1.165, 1.54) is 0 Å². The van der Waals surface area contributed by atoms with Crippen molar-refractivity contribution in [3.63, 3.8) is 0 Å². The van der Waals surface area contributed by atoms with Crippen LogP contribution < -0.4 is 11.1 Å². The maximum absolute atomic E-state index is 13.1. The van der Waals surface area contributed by atoms with Crippen LogP contribution in [0.15, 0.2) is 24.3 Å². The molecule has 1 aromatic carbocycles. The minimum Gasteiger partial charge on any atom is -0.344 e. The summed E-state index contributed by atoms with van der Waals surface area (Å²) in [6.45, 7) is 7.41. The van der Waals surface area contributed by atoms with Crippen molar-refractivity contribution in [3.8, 4) is 0 Å². The lowest BCUT2D eigenvalue weighted by atomic mass is 9.91. The number of nitrogens with zero attached hydrogens (tertiary/aromatic N) is 2.